The summed E-state index contributed by atoms with van der Waals surface area (Å²) in [4.78, 5) is 21.7. The van der Waals surface area contributed by atoms with E-state index in [-0.39, 0.29) is 30.6 Å². The molecule has 1 atom stereocenters. The zero-order valence-corrected chi connectivity index (χ0v) is 11.1. The molecule has 0 saturated carbocycles. The van der Waals surface area contributed by atoms with E-state index in [0.717, 1.165) is 5.56 Å². The quantitative estimate of drug-likeness (QED) is 0.829. The number of benzene rings is 1. The average Bonchev–Trinajstić information content (AvgIpc) is 2.30. The Morgan fingerprint density at radius 1 is 1.42 bits per heavy atom. The maximum Gasteiger partial charge on any atom is 0.303 e. The summed E-state index contributed by atoms with van der Waals surface area (Å²) in [6, 6.07) is 4.39. The lowest BCUT2D eigenvalue weighted by molar-refractivity contribution is -0.137. The maximum atomic E-state index is 13.6. The molecule has 0 fully saturated rings. The molecule has 2 N–H and O–H groups in total. The van der Waals surface area contributed by atoms with Crippen LogP contribution in [0.15, 0.2) is 18.2 Å². The summed E-state index contributed by atoms with van der Waals surface area (Å²) in [5.74, 6) is -1.51. The molecule has 0 heterocycles. The van der Waals surface area contributed by atoms with Gasteiger partial charge in [0.05, 0.1) is 0 Å². The molecule has 0 aromatic heterocycles. The van der Waals surface area contributed by atoms with Crippen molar-refractivity contribution in [1.29, 1.82) is 0 Å². The topological polar surface area (TPSA) is 66.4 Å². The molecule has 5 heteroatoms. The van der Waals surface area contributed by atoms with Gasteiger partial charge < -0.3 is 10.4 Å². The molecule has 0 aliphatic carbocycles. The molecule has 1 rings (SSSR count). The number of halogens is 1. The third kappa shape index (κ3) is 5.50. The maximum absolute atomic E-state index is 13.6. The molecule has 1 amide bonds. The van der Waals surface area contributed by atoms with Crippen molar-refractivity contribution in [2.24, 2.45) is 0 Å². The Hall–Kier alpha value is -1.91. The number of aliphatic carboxylic acids is 1. The summed E-state index contributed by atoms with van der Waals surface area (Å²) >= 11 is 0. The van der Waals surface area contributed by atoms with Crippen molar-refractivity contribution in [2.75, 3.05) is 0 Å². The largest absolute Gasteiger partial charge is 0.481 e. The van der Waals surface area contributed by atoms with Crippen LogP contribution in [-0.4, -0.2) is 23.0 Å². The van der Waals surface area contributed by atoms with Crippen molar-refractivity contribution < 1.29 is 19.1 Å². The smallest absolute Gasteiger partial charge is 0.303 e. The molecule has 0 saturated heterocycles. The lowest BCUT2D eigenvalue weighted by Crippen LogP contribution is -2.35. The second-order valence-corrected chi connectivity index (χ2v) is 4.63. The second-order valence-electron chi connectivity index (χ2n) is 4.63. The lowest BCUT2D eigenvalue weighted by Gasteiger charge is -2.17. The second kappa shape index (κ2) is 6.87. The Morgan fingerprint density at radius 3 is 2.68 bits per heavy atom. The molecule has 0 aliphatic heterocycles. The van der Waals surface area contributed by atoms with Gasteiger partial charge in [-0.2, -0.15) is 0 Å². The van der Waals surface area contributed by atoms with Crippen molar-refractivity contribution in [2.45, 2.75) is 39.2 Å². The summed E-state index contributed by atoms with van der Waals surface area (Å²) in [7, 11) is 0. The standard InChI is InChI=1S/C14H18FNO3/c1-9-3-5-13(15)11(7-9)8-12(16-10(2)17)4-6-14(18)19/h3,5,7,12H,4,6,8H2,1-2H3,(H,16,17)(H,18,19). The van der Waals surface area contributed by atoms with Gasteiger partial charge in [-0.1, -0.05) is 17.7 Å². The minimum absolute atomic E-state index is 0.0572. The van der Waals surface area contributed by atoms with E-state index in [4.69, 9.17) is 5.11 Å². The number of rotatable bonds is 6. The Labute approximate surface area is 111 Å². The number of hydrogen-bond donors (Lipinski definition) is 2. The normalized spacial score (nSPS) is 11.9. The highest BCUT2D eigenvalue weighted by atomic mass is 19.1. The van der Waals surface area contributed by atoms with Crippen LogP contribution in [0.25, 0.3) is 0 Å². The van der Waals surface area contributed by atoms with E-state index in [1.165, 1.54) is 13.0 Å². The average molecular weight is 267 g/mol. The minimum Gasteiger partial charge on any atom is -0.481 e. The summed E-state index contributed by atoms with van der Waals surface area (Å²) < 4.78 is 13.6. The fraction of sp³-hybridized carbons (Fsp3) is 0.429. The van der Waals surface area contributed by atoms with Crippen molar-refractivity contribution >= 4 is 11.9 Å². The summed E-state index contributed by atoms with van der Waals surface area (Å²) in [6.07, 6.45) is 0.515. The van der Waals surface area contributed by atoms with Gasteiger partial charge in [-0.3, -0.25) is 9.59 Å². The van der Waals surface area contributed by atoms with Gasteiger partial charge in [0.2, 0.25) is 5.91 Å². The number of carbonyl (C=O) groups excluding carboxylic acids is 1. The van der Waals surface area contributed by atoms with Crippen LogP contribution in [0.2, 0.25) is 0 Å². The zero-order valence-electron chi connectivity index (χ0n) is 11.1. The molecule has 19 heavy (non-hydrogen) atoms. The van der Waals surface area contributed by atoms with E-state index in [1.807, 2.05) is 6.92 Å². The monoisotopic (exact) mass is 267 g/mol. The van der Waals surface area contributed by atoms with E-state index >= 15 is 0 Å². The van der Waals surface area contributed by atoms with E-state index in [0.29, 0.717) is 12.0 Å². The summed E-state index contributed by atoms with van der Waals surface area (Å²) in [6.45, 7) is 3.22. The highest BCUT2D eigenvalue weighted by Crippen LogP contribution is 2.14. The zero-order chi connectivity index (χ0) is 14.4. The van der Waals surface area contributed by atoms with Gasteiger partial charge in [0.15, 0.2) is 0 Å². The van der Waals surface area contributed by atoms with Crippen LogP contribution in [0, 0.1) is 12.7 Å². The Balaban J connectivity index is 2.77. The van der Waals surface area contributed by atoms with Crippen molar-refractivity contribution in [3.8, 4) is 0 Å². The SMILES string of the molecule is CC(=O)NC(CCC(=O)O)Cc1cc(C)ccc1F. The number of nitrogens with one attached hydrogen (secondary N) is 1. The van der Waals surface area contributed by atoms with Gasteiger partial charge in [0.1, 0.15) is 5.82 Å². The molecule has 4 nitrogen and oxygen atoms in total. The lowest BCUT2D eigenvalue weighted by atomic mass is 10.00. The van der Waals surface area contributed by atoms with Gasteiger partial charge >= 0.3 is 5.97 Å². The summed E-state index contributed by atoms with van der Waals surface area (Å²) in [5, 5.41) is 11.3. The first-order valence-corrected chi connectivity index (χ1v) is 6.12. The Bertz CT molecular complexity index is 474. The van der Waals surface area contributed by atoms with Crippen LogP contribution >= 0.6 is 0 Å². The van der Waals surface area contributed by atoms with Crippen LogP contribution in [-0.2, 0) is 16.0 Å². The first-order valence-electron chi connectivity index (χ1n) is 6.12. The van der Waals surface area contributed by atoms with Gasteiger partial charge in [0.25, 0.3) is 0 Å². The molecule has 104 valence electrons. The fourth-order valence-electron chi connectivity index (χ4n) is 1.94. The van der Waals surface area contributed by atoms with Crippen LogP contribution in [0.3, 0.4) is 0 Å². The van der Waals surface area contributed by atoms with E-state index in [2.05, 4.69) is 5.32 Å². The minimum atomic E-state index is -0.930. The highest BCUT2D eigenvalue weighted by molar-refractivity contribution is 5.73. The Kier molecular flexibility index (Phi) is 5.48. The van der Waals surface area contributed by atoms with Gasteiger partial charge in [-0.25, -0.2) is 4.39 Å². The van der Waals surface area contributed by atoms with Gasteiger partial charge in [-0.05, 0) is 31.4 Å². The van der Waals surface area contributed by atoms with Gasteiger partial charge in [-0.15, -0.1) is 0 Å². The van der Waals surface area contributed by atoms with E-state index in [9.17, 15) is 14.0 Å². The highest BCUT2D eigenvalue weighted by Gasteiger charge is 2.15. The van der Waals surface area contributed by atoms with Crippen molar-refractivity contribution in [3.05, 3.63) is 35.1 Å². The third-order valence-corrected chi connectivity index (χ3v) is 2.78. The van der Waals surface area contributed by atoms with Crippen LogP contribution in [0.5, 0.6) is 0 Å². The van der Waals surface area contributed by atoms with E-state index < -0.39 is 5.97 Å². The van der Waals surface area contributed by atoms with Gasteiger partial charge in [0, 0.05) is 19.4 Å². The summed E-state index contributed by atoms with van der Waals surface area (Å²) in [5.41, 5.74) is 1.42. The first-order chi connectivity index (χ1) is 8.88. The number of aryl methyl sites for hydroxylation is 1. The molecular formula is C14H18FNO3. The number of carboxylic acids is 1. The molecule has 0 bridgehead atoms. The van der Waals surface area contributed by atoms with Crippen LogP contribution < -0.4 is 5.32 Å². The van der Waals surface area contributed by atoms with Crippen LogP contribution in [0.4, 0.5) is 4.39 Å². The number of carboxylic acid groups (broad SMARTS) is 1. The number of carbonyl (C=O) groups is 2. The molecule has 1 aromatic rings. The molecule has 0 spiro atoms. The first kappa shape index (κ1) is 15.1. The number of amides is 1. The van der Waals surface area contributed by atoms with Crippen LogP contribution in [0.1, 0.15) is 30.9 Å². The predicted octanol–water partition coefficient (Wildman–Crippen LogP) is 2.05. The fourth-order valence-corrected chi connectivity index (χ4v) is 1.94. The number of hydrogen-bond acceptors (Lipinski definition) is 2. The third-order valence-electron chi connectivity index (χ3n) is 2.78. The molecular weight excluding hydrogens is 249 g/mol. The molecule has 0 radical (unpaired) electrons. The van der Waals surface area contributed by atoms with Crippen molar-refractivity contribution in [3.63, 3.8) is 0 Å². The molecule has 1 aromatic carbocycles. The van der Waals surface area contributed by atoms with Crippen molar-refractivity contribution in [1.82, 2.24) is 5.32 Å². The molecule has 0 aliphatic rings. The van der Waals surface area contributed by atoms with E-state index in [1.54, 1.807) is 12.1 Å². The predicted molar refractivity (Wildman–Crippen MR) is 69.3 cm³/mol. The molecule has 1 unspecified atom stereocenters. The Morgan fingerprint density at radius 2 is 2.11 bits per heavy atom.